The first kappa shape index (κ1) is 10.6. The molecule has 2 aliphatic rings. The number of hydrogen-bond acceptors (Lipinski definition) is 3. The first-order valence-electron chi connectivity index (χ1n) is 5.22. The van der Waals surface area contributed by atoms with Crippen molar-refractivity contribution in [3.63, 3.8) is 0 Å². The topological polar surface area (TPSA) is 29.5 Å². The number of ether oxygens (including phenoxy) is 1. The third kappa shape index (κ3) is 1.39. The van der Waals surface area contributed by atoms with E-state index in [2.05, 4.69) is 6.58 Å². The molecule has 2 fully saturated rings. The lowest BCUT2D eigenvalue weighted by atomic mass is 9.93. The van der Waals surface area contributed by atoms with E-state index in [9.17, 15) is 9.18 Å². The van der Waals surface area contributed by atoms with Gasteiger partial charge in [0.05, 0.1) is 7.11 Å². The highest BCUT2D eigenvalue weighted by atomic mass is 19.1. The lowest BCUT2D eigenvalue weighted by Crippen LogP contribution is -2.49. The normalized spacial score (nSPS) is 35.6. The number of esters is 1. The molecule has 15 heavy (non-hydrogen) atoms. The van der Waals surface area contributed by atoms with Gasteiger partial charge in [-0.25, -0.2) is 4.39 Å². The number of alkyl halides is 1. The first-order valence-corrected chi connectivity index (χ1v) is 5.22. The maximum atomic E-state index is 12.8. The standard InChI is InChI=1S/C11H16FNO2/c1-8-5-11(10(14)15-2)4-3-9(6-12)13(11)7-8/h9H,1,3-7H2,2H3/t9-,11-/m0/s1. The fourth-order valence-corrected chi connectivity index (χ4v) is 2.88. The summed E-state index contributed by atoms with van der Waals surface area (Å²) in [5.41, 5.74) is 0.390. The van der Waals surface area contributed by atoms with Crippen molar-refractivity contribution in [1.29, 1.82) is 0 Å². The van der Waals surface area contributed by atoms with Crippen molar-refractivity contribution in [2.24, 2.45) is 0 Å². The van der Waals surface area contributed by atoms with Crippen LogP contribution >= 0.6 is 0 Å². The molecule has 0 spiro atoms. The molecule has 2 atom stereocenters. The van der Waals surface area contributed by atoms with Crippen LogP contribution in [0.25, 0.3) is 0 Å². The van der Waals surface area contributed by atoms with Crippen molar-refractivity contribution in [3.05, 3.63) is 12.2 Å². The third-order valence-electron chi connectivity index (χ3n) is 3.56. The van der Waals surface area contributed by atoms with Gasteiger partial charge in [0, 0.05) is 12.6 Å². The van der Waals surface area contributed by atoms with Crippen LogP contribution in [0.1, 0.15) is 19.3 Å². The van der Waals surface area contributed by atoms with E-state index >= 15 is 0 Å². The second-order valence-electron chi connectivity index (χ2n) is 4.42. The summed E-state index contributed by atoms with van der Waals surface area (Å²) < 4.78 is 17.6. The van der Waals surface area contributed by atoms with E-state index in [1.807, 2.05) is 4.90 Å². The molecule has 0 radical (unpaired) electrons. The second kappa shape index (κ2) is 3.59. The number of hydrogen-bond donors (Lipinski definition) is 0. The predicted octanol–water partition coefficient (Wildman–Crippen LogP) is 1.29. The van der Waals surface area contributed by atoms with Crippen LogP contribution in [0.5, 0.6) is 0 Å². The molecule has 2 rings (SSSR count). The van der Waals surface area contributed by atoms with E-state index in [1.54, 1.807) is 0 Å². The molecule has 2 heterocycles. The van der Waals surface area contributed by atoms with Crippen LogP contribution in [0.2, 0.25) is 0 Å². The SMILES string of the molecule is C=C1CN2[C@H](CF)CC[C@@]2(C(=O)OC)C1. The van der Waals surface area contributed by atoms with Crippen molar-refractivity contribution in [2.45, 2.75) is 30.8 Å². The minimum absolute atomic E-state index is 0.136. The largest absolute Gasteiger partial charge is 0.468 e. The molecule has 4 heteroatoms. The van der Waals surface area contributed by atoms with Crippen molar-refractivity contribution < 1.29 is 13.9 Å². The number of fused-ring (bicyclic) bond motifs is 1. The number of nitrogens with zero attached hydrogens (tertiary/aromatic N) is 1. The van der Waals surface area contributed by atoms with Gasteiger partial charge in [0.25, 0.3) is 0 Å². The monoisotopic (exact) mass is 213 g/mol. The average Bonchev–Trinajstić information content (AvgIpc) is 2.71. The molecule has 0 saturated carbocycles. The Balaban J connectivity index is 2.29. The summed E-state index contributed by atoms with van der Waals surface area (Å²) in [5, 5.41) is 0. The summed E-state index contributed by atoms with van der Waals surface area (Å²) >= 11 is 0. The summed E-state index contributed by atoms with van der Waals surface area (Å²) in [7, 11) is 1.39. The van der Waals surface area contributed by atoms with Crippen LogP contribution in [0.3, 0.4) is 0 Å². The molecule has 3 nitrogen and oxygen atoms in total. The maximum absolute atomic E-state index is 12.8. The van der Waals surface area contributed by atoms with E-state index < -0.39 is 12.2 Å². The second-order valence-corrected chi connectivity index (χ2v) is 4.42. The lowest BCUT2D eigenvalue weighted by Gasteiger charge is -2.30. The molecule has 0 aliphatic carbocycles. The van der Waals surface area contributed by atoms with Crippen LogP contribution in [-0.2, 0) is 9.53 Å². The van der Waals surface area contributed by atoms with E-state index in [1.165, 1.54) is 7.11 Å². The minimum Gasteiger partial charge on any atom is -0.468 e. The number of rotatable bonds is 2. The summed E-state index contributed by atoms with van der Waals surface area (Å²) in [6.07, 6.45) is 2.04. The van der Waals surface area contributed by atoms with Gasteiger partial charge in [-0.05, 0) is 19.3 Å². The smallest absolute Gasteiger partial charge is 0.326 e. The maximum Gasteiger partial charge on any atom is 0.326 e. The van der Waals surface area contributed by atoms with Gasteiger partial charge in [-0.2, -0.15) is 0 Å². The zero-order valence-corrected chi connectivity index (χ0v) is 8.96. The molecule has 84 valence electrons. The van der Waals surface area contributed by atoms with Crippen LogP contribution in [0.4, 0.5) is 4.39 Å². The molecule has 0 aromatic heterocycles. The quantitative estimate of drug-likeness (QED) is 0.511. The molecule has 0 amide bonds. The summed E-state index contributed by atoms with van der Waals surface area (Å²) in [4.78, 5) is 13.7. The first-order chi connectivity index (χ1) is 7.14. The zero-order chi connectivity index (χ0) is 11.1. The molecular formula is C11H16FNO2. The highest BCUT2D eigenvalue weighted by Gasteiger charge is 2.56. The number of methoxy groups -OCH3 is 1. The molecule has 0 aromatic rings. The van der Waals surface area contributed by atoms with E-state index in [-0.39, 0.29) is 12.0 Å². The Morgan fingerprint density at radius 3 is 3.13 bits per heavy atom. The van der Waals surface area contributed by atoms with Crippen molar-refractivity contribution in [3.8, 4) is 0 Å². The molecule has 0 bridgehead atoms. The molecule has 0 unspecified atom stereocenters. The Hall–Kier alpha value is -0.900. The molecule has 2 saturated heterocycles. The Morgan fingerprint density at radius 2 is 2.53 bits per heavy atom. The van der Waals surface area contributed by atoms with E-state index in [0.717, 1.165) is 12.0 Å². The zero-order valence-electron chi connectivity index (χ0n) is 8.96. The van der Waals surface area contributed by atoms with E-state index in [4.69, 9.17) is 4.74 Å². The van der Waals surface area contributed by atoms with E-state index in [0.29, 0.717) is 19.4 Å². The van der Waals surface area contributed by atoms with Crippen molar-refractivity contribution >= 4 is 5.97 Å². The summed E-state index contributed by atoms with van der Waals surface area (Å²) in [5.74, 6) is -0.239. The Labute approximate surface area is 88.9 Å². The van der Waals surface area contributed by atoms with Crippen LogP contribution in [0, 0.1) is 0 Å². The Kier molecular flexibility index (Phi) is 2.54. The molecule has 0 aromatic carbocycles. The minimum atomic E-state index is -0.609. The third-order valence-corrected chi connectivity index (χ3v) is 3.56. The van der Waals surface area contributed by atoms with Crippen LogP contribution in [0.15, 0.2) is 12.2 Å². The number of halogens is 1. The van der Waals surface area contributed by atoms with Gasteiger partial charge >= 0.3 is 5.97 Å². The Morgan fingerprint density at radius 1 is 1.80 bits per heavy atom. The summed E-state index contributed by atoms with van der Waals surface area (Å²) in [6, 6.07) is -0.136. The fourth-order valence-electron chi connectivity index (χ4n) is 2.88. The molecule has 2 aliphatic heterocycles. The van der Waals surface area contributed by atoms with Crippen molar-refractivity contribution in [2.75, 3.05) is 20.3 Å². The van der Waals surface area contributed by atoms with Gasteiger partial charge in [-0.3, -0.25) is 9.69 Å². The molecule has 0 N–H and O–H groups in total. The van der Waals surface area contributed by atoms with Crippen LogP contribution < -0.4 is 0 Å². The number of carbonyl (C=O) groups is 1. The van der Waals surface area contributed by atoms with Crippen LogP contribution in [-0.4, -0.2) is 42.8 Å². The predicted molar refractivity (Wildman–Crippen MR) is 54.2 cm³/mol. The lowest BCUT2D eigenvalue weighted by molar-refractivity contribution is -0.152. The van der Waals surface area contributed by atoms with Gasteiger partial charge in [0.2, 0.25) is 0 Å². The van der Waals surface area contributed by atoms with Gasteiger partial charge in [0.1, 0.15) is 12.2 Å². The Bertz CT molecular complexity index is 305. The number of carbonyl (C=O) groups excluding carboxylic acids is 1. The van der Waals surface area contributed by atoms with Gasteiger partial charge in [-0.1, -0.05) is 12.2 Å². The van der Waals surface area contributed by atoms with Crippen molar-refractivity contribution in [1.82, 2.24) is 4.90 Å². The highest BCUT2D eigenvalue weighted by Crippen LogP contribution is 2.44. The highest BCUT2D eigenvalue weighted by molar-refractivity contribution is 5.82. The summed E-state index contributed by atoms with van der Waals surface area (Å²) in [6.45, 7) is 4.13. The van der Waals surface area contributed by atoms with Gasteiger partial charge in [0.15, 0.2) is 0 Å². The average molecular weight is 213 g/mol. The van der Waals surface area contributed by atoms with Gasteiger partial charge < -0.3 is 4.74 Å². The molecular weight excluding hydrogens is 197 g/mol. The van der Waals surface area contributed by atoms with Gasteiger partial charge in [-0.15, -0.1) is 0 Å². The fraction of sp³-hybridized carbons (Fsp3) is 0.727.